The maximum atomic E-state index is 5.92. The fourth-order valence-electron chi connectivity index (χ4n) is 2.96. The predicted octanol–water partition coefficient (Wildman–Crippen LogP) is 5.13. The van der Waals surface area contributed by atoms with E-state index in [0.717, 1.165) is 29.3 Å². The molecule has 0 atom stereocenters. The predicted molar refractivity (Wildman–Crippen MR) is 95.4 cm³/mol. The number of hydrogen-bond donors (Lipinski definition) is 0. The molecule has 1 aliphatic rings. The van der Waals surface area contributed by atoms with E-state index >= 15 is 0 Å². The minimum absolute atomic E-state index is 0.445. The van der Waals surface area contributed by atoms with Gasteiger partial charge in [0.25, 0.3) is 0 Å². The van der Waals surface area contributed by atoms with E-state index in [1.54, 1.807) is 13.4 Å². The molecule has 4 nitrogen and oxygen atoms in total. The SMILES string of the molecule is CC.COCCc1ccccc1OCc1coc(C2CCCC2)n1. The van der Waals surface area contributed by atoms with E-state index in [1.807, 2.05) is 32.0 Å². The Bertz CT molecular complexity index is 588. The van der Waals surface area contributed by atoms with Crippen LogP contribution in [0.25, 0.3) is 0 Å². The van der Waals surface area contributed by atoms with Crippen LogP contribution < -0.4 is 4.74 Å². The lowest BCUT2D eigenvalue weighted by Crippen LogP contribution is -2.02. The number of aromatic nitrogens is 1. The Kier molecular flexibility index (Phi) is 7.83. The van der Waals surface area contributed by atoms with Crippen molar-refractivity contribution in [2.75, 3.05) is 13.7 Å². The molecule has 1 aliphatic carbocycles. The third kappa shape index (κ3) is 5.10. The van der Waals surface area contributed by atoms with Crippen LogP contribution >= 0.6 is 0 Å². The van der Waals surface area contributed by atoms with Gasteiger partial charge in [-0.25, -0.2) is 4.98 Å². The second kappa shape index (κ2) is 10.1. The van der Waals surface area contributed by atoms with E-state index in [4.69, 9.17) is 13.9 Å². The summed E-state index contributed by atoms with van der Waals surface area (Å²) >= 11 is 0. The number of oxazole rings is 1. The summed E-state index contributed by atoms with van der Waals surface area (Å²) in [5, 5.41) is 0. The van der Waals surface area contributed by atoms with Crippen LogP contribution in [0.3, 0.4) is 0 Å². The Labute approximate surface area is 145 Å². The standard InChI is InChI=1S/C18H23NO3.C2H6/c1-20-11-10-14-6-4-5-9-17(14)21-12-16-13-22-18(19-16)15-7-2-3-8-15;1-2/h4-6,9,13,15H,2-3,7-8,10-12H2,1H3;1-2H3. The molecule has 0 unspecified atom stereocenters. The molecule has 24 heavy (non-hydrogen) atoms. The summed E-state index contributed by atoms with van der Waals surface area (Å²) in [6.45, 7) is 5.14. The summed E-state index contributed by atoms with van der Waals surface area (Å²) in [5.74, 6) is 2.27. The zero-order valence-electron chi connectivity index (χ0n) is 15.1. The highest BCUT2D eigenvalue weighted by Crippen LogP contribution is 2.33. The van der Waals surface area contributed by atoms with Gasteiger partial charge in [-0.1, -0.05) is 44.9 Å². The third-order valence-electron chi connectivity index (χ3n) is 4.20. The highest BCUT2D eigenvalue weighted by atomic mass is 16.5. The summed E-state index contributed by atoms with van der Waals surface area (Å²) in [6, 6.07) is 8.06. The molecule has 4 heteroatoms. The monoisotopic (exact) mass is 331 g/mol. The molecule has 132 valence electrons. The largest absolute Gasteiger partial charge is 0.487 e. The zero-order chi connectivity index (χ0) is 17.2. The number of benzene rings is 1. The Balaban J connectivity index is 0.00000100. The summed E-state index contributed by atoms with van der Waals surface area (Å²) in [4.78, 5) is 4.58. The maximum absolute atomic E-state index is 5.92. The van der Waals surface area contributed by atoms with Crippen molar-refractivity contribution in [1.82, 2.24) is 4.98 Å². The van der Waals surface area contributed by atoms with Crippen molar-refractivity contribution >= 4 is 0 Å². The number of ether oxygens (including phenoxy) is 2. The van der Waals surface area contributed by atoms with E-state index in [0.29, 0.717) is 19.1 Å². The molecule has 1 heterocycles. The zero-order valence-corrected chi connectivity index (χ0v) is 15.1. The number of para-hydroxylation sites is 1. The van der Waals surface area contributed by atoms with Gasteiger partial charge in [0.2, 0.25) is 0 Å². The van der Waals surface area contributed by atoms with Gasteiger partial charge in [-0.15, -0.1) is 0 Å². The van der Waals surface area contributed by atoms with Crippen LogP contribution in [0.2, 0.25) is 0 Å². The molecule has 0 amide bonds. The van der Waals surface area contributed by atoms with Crippen molar-refractivity contribution in [2.24, 2.45) is 0 Å². The molecule has 0 radical (unpaired) electrons. The van der Waals surface area contributed by atoms with Gasteiger partial charge in [0, 0.05) is 13.0 Å². The Hall–Kier alpha value is -1.81. The molecular weight excluding hydrogens is 302 g/mol. The van der Waals surface area contributed by atoms with Gasteiger partial charge in [-0.3, -0.25) is 0 Å². The van der Waals surface area contributed by atoms with Crippen molar-refractivity contribution in [3.05, 3.63) is 47.7 Å². The van der Waals surface area contributed by atoms with Crippen LogP contribution in [-0.4, -0.2) is 18.7 Å². The molecule has 0 spiro atoms. The quantitative estimate of drug-likeness (QED) is 0.706. The molecule has 3 rings (SSSR count). The second-order valence-corrected chi connectivity index (χ2v) is 5.80. The highest BCUT2D eigenvalue weighted by molar-refractivity contribution is 5.33. The molecular formula is C20H29NO3. The topological polar surface area (TPSA) is 44.5 Å². The van der Waals surface area contributed by atoms with Crippen LogP contribution in [0, 0.1) is 0 Å². The molecule has 1 fully saturated rings. The van der Waals surface area contributed by atoms with Crippen molar-refractivity contribution in [1.29, 1.82) is 0 Å². The minimum atomic E-state index is 0.445. The summed E-state index contributed by atoms with van der Waals surface area (Å²) in [6.07, 6.45) is 7.53. The lowest BCUT2D eigenvalue weighted by Gasteiger charge is -2.10. The van der Waals surface area contributed by atoms with Gasteiger partial charge in [0.05, 0.1) is 6.61 Å². The first-order chi connectivity index (χ1) is 11.9. The smallest absolute Gasteiger partial charge is 0.197 e. The maximum Gasteiger partial charge on any atom is 0.197 e. The van der Waals surface area contributed by atoms with Gasteiger partial charge < -0.3 is 13.9 Å². The normalized spacial score (nSPS) is 14.3. The molecule has 1 aromatic heterocycles. The second-order valence-electron chi connectivity index (χ2n) is 5.80. The number of rotatable bonds is 7. The third-order valence-corrected chi connectivity index (χ3v) is 4.20. The van der Waals surface area contributed by atoms with Gasteiger partial charge in [-0.05, 0) is 30.9 Å². The molecule has 1 saturated carbocycles. The van der Waals surface area contributed by atoms with E-state index in [1.165, 1.54) is 25.7 Å². The van der Waals surface area contributed by atoms with Crippen molar-refractivity contribution in [3.63, 3.8) is 0 Å². The molecule has 1 aromatic carbocycles. The molecule has 0 aliphatic heterocycles. The average Bonchev–Trinajstić information content (AvgIpc) is 3.32. The summed E-state index contributed by atoms with van der Waals surface area (Å²) in [5.41, 5.74) is 2.02. The van der Waals surface area contributed by atoms with Crippen LogP contribution in [-0.2, 0) is 17.8 Å². The molecule has 0 saturated heterocycles. The fourth-order valence-corrected chi connectivity index (χ4v) is 2.96. The Morgan fingerprint density at radius 3 is 2.67 bits per heavy atom. The van der Waals surface area contributed by atoms with Gasteiger partial charge in [-0.2, -0.15) is 0 Å². The molecule has 0 bridgehead atoms. The Morgan fingerprint density at radius 1 is 1.17 bits per heavy atom. The average molecular weight is 331 g/mol. The summed E-state index contributed by atoms with van der Waals surface area (Å²) < 4.78 is 16.7. The number of nitrogens with zero attached hydrogens (tertiary/aromatic N) is 1. The fraction of sp³-hybridized carbons (Fsp3) is 0.550. The number of hydrogen-bond acceptors (Lipinski definition) is 4. The lowest BCUT2D eigenvalue weighted by atomic mass is 10.1. The highest BCUT2D eigenvalue weighted by Gasteiger charge is 2.21. The van der Waals surface area contributed by atoms with Crippen molar-refractivity contribution in [3.8, 4) is 5.75 Å². The molecule has 0 N–H and O–H groups in total. The first-order valence-electron chi connectivity index (χ1n) is 9.01. The van der Waals surface area contributed by atoms with Gasteiger partial charge >= 0.3 is 0 Å². The van der Waals surface area contributed by atoms with Crippen LogP contribution in [0.15, 0.2) is 34.9 Å². The minimum Gasteiger partial charge on any atom is -0.487 e. The van der Waals surface area contributed by atoms with E-state index in [-0.39, 0.29) is 0 Å². The first-order valence-corrected chi connectivity index (χ1v) is 9.01. The van der Waals surface area contributed by atoms with Crippen LogP contribution in [0.4, 0.5) is 0 Å². The van der Waals surface area contributed by atoms with E-state index < -0.39 is 0 Å². The van der Waals surface area contributed by atoms with E-state index in [9.17, 15) is 0 Å². The summed E-state index contributed by atoms with van der Waals surface area (Å²) in [7, 11) is 1.71. The number of methoxy groups -OCH3 is 1. The van der Waals surface area contributed by atoms with E-state index in [2.05, 4.69) is 11.1 Å². The van der Waals surface area contributed by atoms with Crippen LogP contribution in [0.5, 0.6) is 5.75 Å². The van der Waals surface area contributed by atoms with Crippen molar-refractivity contribution in [2.45, 2.75) is 58.5 Å². The van der Waals surface area contributed by atoms with Crippen LogP contribution in [0.1, 0.15) is 62.6 Å². The van der Waals surface area contributed by atoms with Gasteiger partial charge in [0.15, 0.2) is 5.89 Å². The first kappa shape index (κ1) is 18.5. The van der Waals surface area contributed by atoms with Crippen molar-refractivity contribution < 1.29 is 13.9 Å². The Morgan fingerprint density at radius 2 is 1.92 bits per heavy atom. The van der Waals surface area contributed by atoms with Gasteiger partial charge in [0.1, 0.15) is 24.3 Å². The molecule has 2 aromatic rings. The lowest BCUT2D eigenvalue weighted by molar-refractivity contribution is 0.200.